The normalized spacial score (nSPS) is 11.6. The molecule has 0 spiro atoms. The minimum atomic E-state index is -0.608. The third-order valence-corrected chi connectivity index (χ3v) is 4.10. The molecular weight excluding hydrogens is 372 g/mol. The van der Waals surface area contributed by atoms with Gasteiger partial charge in [-0.15, -0.1) is 16.8 Å². The molecular formula is C21H24N4O4. The Labute approximate surface area is 168 Å². The SMILES string of the molecule is C=CCc1cc(-c2nnc(C)o2)cc2c1c(CC(=O)OC(C)(C)C)nn2C(C)=O. The summed E-state index contributed by atoms with van der Waals surface area (Å²) < 4.78 is 12.3. The van der Waals surface area contributed by atoms with Crippen LogP contribution in [0.3, 0.4) is 0 Å². The Kier molecular flexibility index (Phi) is 5.37. The third-order valence-electron chi connectivity index (χ3n) is 4.10. The molecule has 2 aromatic heterocycles. The van der Waals surface area contributed by atoms with Gasteiger partial charge in [0.2, 0.25) is 17.7 Å². The van der Waals surface area contributed by atoms with E-state index in [2.05, 4.69) is 21.9 Å². The Bertz CT molecular complexity index is 1100. The van der Waals surface area contributed by atoms with Crippen LogP contribution in [0.25, 0.3) is 22.4 Å². The summed E-state index contributed by atoms with van der Waals surface area (Å²) in [6.45, 7) is 12.4. The molecule has 3 rings (SSSR count). The van der Waals surface area contributed by atoms with Gasteiger partial charge in [-0.1, -0.05) is 6.08 Å². The number of allylic oxidation sites excluding steroid dienone is 1. The van der Waals surface area contributed by atoms with Crippen molar-refractivity contribution < 1.29 is 18.7 Å². The summed E-state index contributed by atoms with van der Waals surface area (Å²) >= 11 is 0. The highest BCUT2D eigenvalue weighted by Gasteiger charge is 2.23. The summed E-state index contributed by atoms with van der Waals surface area (Å²) in [6.07, 6.45) is 2.22. The number of ether oxygens (including phenoxy) is 1. The molecule has 0 N–H and O–H groups in total. The van der Waals surface area contributed by atoms with Gasteiger partial charge in [-0.05, 0) is 44.9 Å². The Hall–Kier alpha value is -3.29. The van der Waals surface area contributed by atoms with E-state index in [1.165, 1.54) is 11.6 Å². The van der Waals surface area contributed by atoms with E-state index in [0.717, 1.165) is 10.9 Å². The summed E-state index contributed by atoms with van der Waals surface area (Å²) in [7, 11) is 0. The highest BCUT2D eigenvalue weighted by Crippen LogP contribution is 2.31. The van der Waals surface area contributed by atoms with Crippen LogP contribution in [0.15, 0.2) is 29.2 Å². The molecule has 152 valence electrons. The smallest absolute Gasteiger partial charge is 0.312 e. The molecule has 0 aliphatic carbocycles. The van der Waals surface area contributed by atoms with Gasteiger partial charge in [0.05, 0.1) is 17.6 Å². The molecule has 0 saturated heterocycles. The number of carbonyl (C=O) groups is 2. The van der Waals surface area contributed by atoms with Crippen molar-refractivity contribution in [3.05, 3.63) is 41.9 Å². The Morgan fingerprint density at radius 3 is 2.55 bits per heavy atom. The van der Waals surface area contributed by atoms with Crippen molar-refractivity contribution in [3.8, 4) is 11.5 Å². The van der Waals surface area contributed by atoms with Crippen molar-refractivity contribution >= 4 is 22.8 Å². The van der Waals surface area contributed by atoms with E-state index in [0.29, 0.717) is 35.0 Å². The molecule has 0 aliphatic heterocycles. The summed E-state index contributed by atoms with van der Waals surface area (Å²) in [5.74, 6) is 0.110. The molecule has 8 heteroatoms. The van der Waals surface area contributed by atoms with Crippen molar-refractivity contribution in [3.63, 3.8) is 0 Å². The van der Waals surface area contributed by atoms with Gasteiger partial charge < -0.3 is 9.15 Å². The van der Waals surface area contributed by atoms with Crippen molar-refractivity contribution in [2.75, 3.05) is 0 Å². The number of rotatable bonds is 5. The van der Waals surface area contributed by atoms with Crippen LogP contribution >= 0.6 is 0 Å². The van der Waals surface area contributed by atoms with Gasteiger partial charge in [-0.3, -0.25) is 9.59 Å². The highest BCUT2D eigenvalue weighted by atomic mass is 16.6. The van der Waals surface area contributed by atoms with E-state index < -0.39 is 11.6 Å². The molecule has 0 atom stereocenters. The quantitative estimate of drug-likeness (QED) is 0.479. The van der Waals surface area contributed by atoms with Gasteiger partial charge in [0.1, 0.15) is 5.60 Å². The monoisotopic (exact) mass is 396 g/mol. The van der Waals surface area contributed by atoms with Crippen molar-refractivity contribution in [1.29, 1.82) is 0 Å². The number of nitrogens with zero attached hydrogens (tertiary/aromatic N) is 4. The molecule has 1 aromatic carbocycles. The van der Waals surface area contributed by atoms with E-state index in [9.17, 15) is 9.59 Å². The lowest BCUT2D eigenvalue weighted by Gasteiger charge is -2.19. The fourth-order valence-corrected chi connectivity index (χ4v) is 3.14. The molecule has 0 fully saturated rings. The standard InChI is InChI=1S/C21H24N4O4/c1-7-8-14-9-15(20-23-22-12(2)28-20)10-17-19(14)16(24-25(17)13(3)26)11-18(27)29-21(4,5)6/h7,9-10H,1,8,11H2,2-6H3. The maximum atomic E-state index is 12.4. The number of benzene rings is 1. The number of esters is 1. The molecule has 0 saturated carbocycles. The topological polar surface area (TPSA) is 100 Å². The number of aryl methyl sites for hydroxylation is 1. The van der Waals surface area contributed by atoms with Crippen LogP contribution in [0.4, 0.5) is 0 Å². The summed E-state index contributed by atoms with van der Waals surface area (Å²) in [5, 5.41) is 13.1. The molecule has 29 heavy (non-hydrogen) atoms. The minimum absolute atomic E-state index is 0.0444. The lowest BCUT2D eigenvalue weighted by molar-refractivity contribution is -0.153. The number of hydrogen-bond acceptors (Lipinski definition) is 7. The average molecular weight is 396 g/mol. The minimum Gasteiger partial charge on any atom is -0.460 e. The van der Waals surface area contributed by atoms with Crippen LogP contribution < -0.4 is 0 Å². The lowest BCUT2D eigenvalue weighted by Crippen LogP contribution is -2.25. The second kappa shape index (κ2) is 7.62. The zero-order valence-corrected chi connectivity index (χ0v) is 17.3. The summed E-state index contributed by atoms with van der Waals surface area (Å²) in [4.78, 5) is 24.6. The molecule has 0 bridgehead atoms. The molecule has 0 amide bonds. The van der Waals surface area contributed by atoms with Crippen LogP contribution in [0.5, 0.6) is 0 Å². The fourth-order valence-electron chi connectivity index (χ4n) is 3.14. The molecule has 0 aliphatic rings. The first-order valence-corrected chi connectivity index (χ1v) is 9.27. The number of fused-ring (bicyclic) bond motifs is 1. The van der Waals surface area contributed by atoms with Crippen molar-refractivity contribution in [2.24, 2.45) is 0 Å². The molecule has 8 nitrogen and oxygen atoms in total. The highest BCUT2D eigenvalue weighted by molar-refractivity contribution is 5.97. The summed E-state index contributed by atoms with van der Waals surface area (Å²) in [5.41, 5.74) is 1.97. The predicted octanol–water partition coefficient (Wildman–Crippen LogP) is 3.67. The van der Waals surface area contributed by atoms with Crippen LogP contribution in [0.1, 0.15) is 49.6 Å². The lowest BCUT2D eigenvalue weighted by atomic mass is 10.00. The zero-order valence-electron chi connectivity index (χ0n) is 17.3. The molecule has 0 unspecified atom stereocenters. The molecule has 2 heterocycles. The maximum absolute atomic E-state index is 12.4. The van der Waals surface area contributed by atoms with Crippen molar-refractivity contribution in [2.45, 2.75) is 53.1 Å². The van der Waals surface area contributed by atoms with Crippen LogP contribution in [-0.2, 0) is 22.4 Å². The van der Waals surface area contributed by atoms with Gasteiger partial charge in [-0.25, -0.2) is 4.68 Å². The zero-order chi connectivity index (χ0) is 21.3. The summed E-state index contributed by atoms with van der Waals surface area (Å²) in [6, 6.07) is 3.66. The Morgan fingerprint density at radius 2 is 2.00 bits per heavy atom. The Balaban J connectivity index is 2.19. The van der Waals surface area contributed by atoms with E-state index in [1.54, 1.807) is 39.8 Å². The molecule has 0 radical (unpaired) electrons. The van der Waals surface area contributed by atoms with Gasteiger partial charge in [-0.2, -0.15) is 5.10 Å². The van der Waals surface area contributed by atoms with E-state index in [-0.39, 0.29) is 12.3 Å². The first-order valence-electron chi connectivity index (χ1n) is 9.27. The number of carbonyl (C=O) groups excluding carboxylic acids is 2. The van der Waals surface area contributed by atoms with Crippen molar-refractivity contribution in [1.82, 2.24) is 20.0 Å². The van der Waals surface area contributed by atoms with Gasteiger partial charge in [0, 0.05) is 24.8 Å². The first-order chi connectivity index (χ1) is 13.6. The largest absolute Gasteiger partial charge is 0.460 e. The number of hydrogen-bond donors (Lipinski definition) is 0. The van der Waals surface area contributed by atoms with Crippen LogP contribution in [0, 0.1) is 6.92 Å². The average Bonchev–Trinajstić information content (AvgIpc) is 3.17. The van der Waals surface area contributed by atoms with Crippen LogP contribution in [-0.4, -0.2) is 37.5 Å². The van der Waals surface area contributed by atoms with E-state index in [1.807, 2.05) is 6.07 Å². The predicted molar refractivity (Wildman–Crippen MR) is 108 cm³/mol. The van der Waals surface area contributed by atoms with Gasteiger partial charge in [0.25, 0.3) is 0 Å². The van der Waals surface area contributed by atoms with Crippen LogP contribution in [0.2, 0.25) is 0 Å². The Morgan fingerprint density at radius 1 is 1.28 bits per heavy atom. The van der Waals surface area contributed by atoms with E-state index >= 15 is 0 Å². The van der Waals surface area contributed by atoms with Gasteiger partial charge >= 0.3 is 5.97 Å². The second-order valence-electron chi connectivity index (χ2n) is 7.79. The number of aromatic nitrogens is 4. The fraction of sp³-hybridized carbons (Fsp3) is 0.381. The van der Waals surface area contributed by atoms with E-state index in [4.69, 9.17) is 9.15 Å². The van der Waals surface area contributed by atoms with Gasteiger partial charge in [0.15, 0.2) is 0 Å². The molecule has 3 aromatic rings. The first kappa shape index (κ1) is 20.4. The second-order valence-corrected chi connectivity index (χ2v) is 7.79. The third kappa shape index (κ3) is 4.42. The maximum Gasteiger partial charge on any atom is 0.312 e.